The van der Waals surface area contributed by atoms with Crippen LogP contribution < -0.4 is 5.32 Å². The molecule has 0 aromatic heterocycles. The van der Waals surface area contributed by atoms with Crippen LogP contribution in [0.25, 0.3) is 0 Å². The van der Waals surface area contributed by atoms with Crippen molar-refractivity contribution in [3.05, 3.63) is 35.4 Å². The highest BCUT2D eigenvalue weighted by molar-refractivity contribution is 5.94. The number of hydrogen-bond donors (Lipinski definition) is 1. The van der Waals surface area contributed by atoms with Gasteiger partial charge in [-0.05, 0) is 19.1 Å². The van der Waals surface area contributed by atoms with Crippen LogP contribution in [0.1, 0.15) is 43.6 Å². The summed E-state index contributed by atoms with van der Waals surface area (Å²) in [5, 5.41) is 2.57. The summed E-state index contributed by atoms with van der Waals surface area (Å²) in [6.45, 7) is 9.96. The van der Waals surface area contributed by atoms with Crippen LogP contribution in [0.3, 0.4) is 0 Å². The molecule has 0 atom stereocenters. The highest BCUT2D eigenvalue weighted by Crippen LogP contribution is 2.02. The summed E-state index contributed by atoms with van der Waals surface area (Å²) in [6.07, 6.45) is 0. The van der Waals surface area contributed by atoms with Crippen molar-refractivity contribution in [2.45, 2.75) is 34.6 Å². The lowest BCUT2D eigenvalue weighted by atomic mass is 10.1. The lowest BCUT2D eigenvalue weighted by Gasteiger charge is -1.99. The van der Waals surface area contributed by atoms with Gasteiger partial charge in [-0.15, -0.1) is 0 Å². The minimum atomic E-state index is -0.0336. The summed E-state index contributed by atoms with van der Waals surface area (Å²) >= 11 is 0. The van der Waals surface area contributed by atoms with E-state index in [0.717, 1.165) is 5.56 Å². The van der Waals surface area contributed by atoms with Gasteiger partial charge >= 0.3 is 0 Å². The van der Waals surface area contributed by atoms with E-state index >= 15 is 0 Å². The molecule has 1 N–H and O–H groups in total. The van der Waals surface area contributed by atoms with Crippen molar-refractivity contribution in [1.29, 1.82) is 0 Å². The van der Waals surface area contributed by atoms with Crippen molar-refractivity contribution < 1.29 is 4.79 Å². The fourth-order valence-corrected chi connectivity index (χ4v) is 0.931. The molecule has 0 aliphatic heterocycles. The maximum Gasteiger partial charge on any atom is 0.251 e. The molecular weight excluding hydrogens is 186 g/mol. The normalized spacial score (nSPS) is 7.60. The Balaban J connectivity index is 0. The number of amides is 1. The monoisotopic (exact) mass is 209 g/mol. The van der Waals surface area contributed by atoms with Gasteiger partial charge in [0, 0.05) is 12.6 Å². The van der Waals surface area contributed by atoms with Crippen LogP contribution in [-0.4, -0.2) is 13.0 Å². The molecule has 2 heteroatoms. The first kappa shape index (κ1) is 16.1. The summed E-state index contributed by atoms with van der Waals surface area (Å²) in [6, 6.07) is 7.50. The third-order valence-corrected chi connectivity index (χ3v) is 1.51. The average Bonchev–Trinajstić information content (AvgIpc) is 2.33. The van der Waals surface area contributed by atoms with E-state index in [1.54, 1.807) is 13.1 Å². The Bertz CT molecular complexity index is 269. The largest absolute Gasteiger partial charge is 0.355 e. The molecule has 2 nitrogen and oxygen atoms in total. The van der Waals surface area contributed by atoms with Gasteiger partial charge in [0.25, 0.3) is 5.91 Å². The first-order valence-corrected chi connectivity index (χ1v) is 5.53. The van der Waals surface area contributed by atoms with Crippen molar-refractivity contribution in [3.63, 3.8) is 0 Å². The zero-order valence-electron chi connectivity index (χ0n) is 10.7. The van der Waals surface area contributed by atoms with Crippen molar-refractivity contribution in [2.24, 2.45) is 0 Å². The number of rotatable bonds is 1. The first-order valence-electron chi connectivity index (χ1n) is 5.53. The number of aryl methyl sites for hydroxylation is 1. The first-order chi connectivity index (χ1) is 7.24. The molecule has 0 spiro atoms. The average molecular weight is 209 g/mol. The smallest absolute Gasteiger partial charge is 0.251 e. The van der Waals surface area contributed by atoms with E-state index in [0.29, 0.717) is 5.56 Å². The molecule has 0 fully saturated rings. The van der Waals surface area contributed by atoms with Gasteiger partial charge in [-0.1, -0.05) is 45.4 Å². The summed E-state index contributed by atoms with van der Waals surface area (Å²) in [5.41, 5.74) is 1.82. The number of carbonyl (C=O) groups is 1. The van der Waals surface area contributed by atoms with Crippen LogP contribution in [0.2, 0.25) is 0 Å². The summed E-state index contributed by atoms with van der Waals surface area (Å²) < 4.78 is 0. The Morgan fingerprint density at radius 1 is 1.13 bits per heavy atom. The molecule has 0 aliphatic rings. The molecule has 1 rings (SSSR count). The molecule has 0 unspecified atom stereocenters. The number of benzene rings is 1. The lowest BCUT2D eigenvalue weighted by molar-refractivity contribution is 0.0963. The number of nitrogens with one attached hydrogen (secondary N) is 1. The van der Waals surface area contributed by atoms with E-state index in [1.807, 2.05) is 52.8 Å². The molecule has 0 bridgehead atoms. The molecule has 0 aliphatic carbocycles. The molecule has 1 aromatic rings. The third kappa shape index (κ3) is 6.72. The standard InChI is InChI=1S/C9H11NO.2C2H6/c1-7-4-3-5-8(6-7)9(11)10-2;2*1-2/h3-6H,1-2H3,(H,10,11);2*1-2H3. The van der Waals surface area contributed by atoms with Gasteiger partial charge in [0.05, 0.1) is 0 Å². The fraction of sp³-hybridized carbons (Fsp3) is 0.462. The third-order valence-electron chi connectivity index (χ3n) is 1.51. The maximum atomic E-state index is 11.1. The zero-order valence-corrected chi connectivity index (χ0v) is 10.7. The van der Waals surface area contributed by atoms with Gasteiger partial charge in [-0.2, -0.15) is 0 Å². The number of carbonyl (C=O) groups excluding carboxylic acids is 1. The second kappa shape index (κ2) is 10.8. The molecular formula is C13H23NO. The molecule has 1 aromatic carbocycles. The van der Waals surface area contributed by atoms with Gasteiger partial charge in [-0.25, -0.2) is 0 Å². The van der Waals surface area contributed by atoms with E-state index in [-0.39, 0.29) is 5.91 Å². The van der Waals surface area contributed by atoms with Crippen LogP contribution in [-0.2, 0) is 0 Å². The van der Waals surface area contributed by atoms with Crippen LogP contribution in [0, 0.1) is 6.92 Å². The fourth-order valence-electron chi connectivity index (χ4n) is 0.931. The maximum absolute atomic E-state index is 11.1. The van der Waals surface area contributed by atoms with Crippen molar-refractivity contribution in [2.75, 3.05) is 7.05 Å². The van der Waals surface area contributed by atoms with Gasteiger partial charge in [0.1, 0.15) is 0 Å². The van der Waals surface area contributed by atoms with Crippen LogP contribution in [0.5, 0.6) is 0 Å². The summed E-state index contributed by atoms with van der Waals surface area (Å²) in [7, 11) is 1.63. The van der Waals surface area contributed by atoms with E-state index in [9.17, 15) is 4.79 Å². The number of hydrogen-bond acceptors (Lipinski definition) is 1. The molecule has 0 radical (unpaired) electrons. The molecule has 0 heterocycles. The zero-order chi connectivity index (χ0) is 12.3. The van der Waals surface area contributed by atoms with E-state index in [2.05, 4.69) is 5.32 Å². The quantitative estimate of drug-likeness (QED) is 0.754. The topological polar surface area (TPSA) is 29.1 Å². The van der Waals surface area contributed by atoms with Crippen LogP contribution in [0.4, 0.5) is 0 Å². The van der Waals surface area contributed by atoms with Gasteiger partial charge < -0.3 is 5.32 Å². The second-order valence-corrected chi connectivity index (χ2v) is 2.45. The molecule has 1 amide bonds. The predicted molar refractivity (Wildman–Crippen MR) is 67.3 cm³/mol. The van der Waals surface area contributed by atoms with Crippen molar-refractivity contribution in [3.8, 4) is 0 Å². The molecule has 15 heavy (non-hydrogen) atoms. The Kier molecular flexibility index (Phi) is 11.6. The second-order valence-electron chi connectivity index (χ2n) is 2.45. The van der Waals surface area contributed by atoms with E-state index in [4.69, 9.17) is 0 Å². The Morgan fingerprint density at radius 2 is 1.67 bits per heavy atom. The van der Waals surface area contributed by atoms with Crippen molar-refractivity contribution >= 4 is 5.91 Å². The SMILES string of the molecule is CC.CC.CNC(=O)c1cccc(C)c1. The molecule has 0 saturated carbocycles. The van der Waals surface area contributed by atoms with E-state index < -0.39 is 0 Å². The minimum absolute atomic E-state index is 0.0336. The molecule has 0 saturated heterocycles. The lowest BCUT2D eigenvalue weighted by Crippen LogP contribution is -2.17. The van der Waals surface area contributed by atoms with Gasteiger partial charge in [0.15, 0.2) is 0 Å². The minimum Gasteiger partial charge on any atom is -0.355 e. The summed E-state index contributed by atoms with van der Waals surface area (Å²) in [5.74, 6) is -0.0336. The Hall–Kier alpha value is -1.31. The van der Waals surface area contributed by atoms with E-state index in [1.165, 1.54) is 0 Å². The highest BCUT2D eigenvalue weighted by Gasteiger charge is 2.00. The van der Waals surface area contributed by atoms with Crippen LogP contribution in [0.15, 0.2) is 24.3 Å². The Labute approximate surface area is 93.7 Å². The Morgan fingerprint density at radius 3 is 2.07 bits per heavy atom. The summed E-state index contributed by atoms with van der Waals surface area (Å²) in [4.78, 5) is 11.1. The van der Waals surface area contributed by atoms with Crippen molar-refractivity contribution in [1.82, 2.24) is 5.32 Å². The van der Waals surface area contributed by atoms with Gasteiger partial charge in [0.2, 0.25) is 0 Å². The highest BCUT2D eigenvalue weighted by atomic mass is 16.1. The van der Waals surface area contributed by atoms with Gasteiger partial charge in [-0.3, -0.25) is 4.79 Å². The van der Waals surface area contributed by atoms with Crippen LogP contribution >= 0.6 is 0 Å². The predicted octanol–water partition coefficient (Wildman–Crippen LogP) is 3.41. The molecule has 86 valence electrons.